The van der Waals surface area contributed by atoms with Gasteiger partial charge < -0.3 is 0 Å². The van der Waals surface area contributed by atoms with Gasteiger partial charge in [0.15, 0.2) is 0 Å². The third-order valence-electron chi connectivity index (χ3n) is 4.44. The van der Waals surface area contributed by atoms with Crippen LogP contribution in [0.4, 0.5) is 0 Å². The van der Waals surface area contributed by atoms with E-state index < -0.39 is 0 Å². The lowest BCUT2D eigenvalue weighted by molar-refractivity contribution is 0.192. The molecule has 0 amide bonds. The summed E-state index contributed by atoms with van der Waals surface area (Å²) in [5.74, 6) is 2.57. The van der Waals surface area contributed by atoms with Gasteiger partial charge in [0.25, 0.3) is 0 Å². The van der Waals surface area contributed by atoms with Gasteiger partial charge in [0, 0.05) is 0 Å². The van der Waals surface area contributed by atoms with Crippen molar-refractivity contribution in [2.75, 3.05) is 0 Å². The summed E-state index contributed by atoms with van der Waals surface area (Å²) in [4.78, 5) is 0. The molecule has 0 heteroatoms. The van der Waals surface area contributed by atoms with Gasteiger partial charge in [0.1, 0.15) is 0 Å². The van der Waals surface area contributed by atoms with Crippen LogP contribution in [0.5, 0.6) is 0 Å². The van der Waals surface area contributed by atoms with Gasteiger partial charge in [0.2, 0.25) is 0 Å². The molecule has 0 bridgehead atoms. The van der Waals surface area contributed by atoms with E-state index in [9.17, 15) is 0 Å². The first-order valence-electron chi connectivity index (χ1n) is 7.31. The van der Waals surface area contributed by atoms with Crippen LogP contribution in [0, 0.1) is 23.2 Å². The molecule has 0 N–H and O–H groups in total. The summed E-state index contributed by atoms with van der Waals surface area (Å²) >= 11 is 0. The second-order valence-electron chi connectivity index (χ2n) is 6.04. The average Bonchev–Trinajstić information content (AvgIpc) is 2.27. The lowest BCUT2D eigenvalue weighted by atomic mass is 9.74. The van der Waals surface area contributed by atoms with Gasteiger partial charge in [0.05, 0.1) is 0 Å². The molecule has 0 aliphatic carbocycles. The third-order valence-corrected chi connectivity index (χ3v) is 4.44. The predicted molar refractivity (Wildman–Crippen MR) is 77.8 cm³/mol. The molecular formula is C16H36. The van der Waals surface area contributed by atoms with Gasteiger partial charge in [-0.2, -0.15) is 0 Å². The third kappa shape index (κ3) is 7.30. The molecule has 0 saturated heterocycles. The average molecular weight is 228 g/mol. The molecule has 0 heterocycles. The highest BCUT2D eigenvalue weighted by molar-refractivity contribution is 4.74. The summed E-state index contributed by atoms with van der Waals surface area (Å²) in [6.45, 7) is 20.6. The molecule has 100 valence electrons. The van der Waals surface area contributed by atoms with Crippen LogP contribution in [0.15, 0.2) is 0 Å². The highest BCUT2D eigenvalue weighted by Crippen LogP contribution is 2.34. The summed E-state index contributed by atoms with van der Waals surface area (Å²) in [6.07, 6.45) is 4.08. The van der Waals surface area contributed by atoms with Crippen molar-refractivity contribution < 1.29 is 0 Å². The van der Waals surface area contributed by atoms with Crippen LogP contribution >= 0.6 is 0 Å². The molecule has 0 saturated carbocycles. The van der Waals surface area contributed by atoms with E-state index in [4.69, 9.17) is 0 Å². The van der Waals surface area contributed by atoms with Crippen molar-refractivity contribution in [3.05, 3.63) is 0 Å². The maximum atomic E-state index is 2.41. The minimum absolute atomic E-state index is 0.525. The minimum atomic E-state index is 0.525. The van der Waals surface area contributed by atoms with Gasteiger partial charge in [-0.25, -0.2) is 0 Å². The van der Waals surface area contributed by atoms with Crippen molar-refractivity contribution >= 4 is 0 Å². The summed E-state index contributed by atoms with van der Waals surface area (Å²) in [6, 6.07) is 0. The largest absolute Gasteiger partial charge is 0.0683 e. The minimum Gasteiger partial charge on any atom is -0.0683 e. The lowest BCUT2D eigenvalue weighted by Gasteiger charge is -2.31. The topological polar surface area (TPSA) is 0 Å². The zero-order valence-electron chi connectivity index (χ0n) is 13.4. The Hall–Kier alpha value is 0. The molecule has 0 rings (SSSR count). The molecular weight excluding hydrogens is 192 g/mol. The first-order chi connectivity index (χ1) is 7.31. The van der Waals surface area contributed by atoms with Gasteiger partial charge in [-0.3, -0.25) is 0 Å². The highest BCUT2D eigenvalue weighted by Gasteiger charge is 2.23. The number of hydrogen-bond acceptors (Lipinski definition) is 0. The van der Waals surface area contributed by atoms with E-state index in [1.54, 1.807) is 0 Å². The van der Waals surface area contributed by atoms with Gasteiger partial charge in [-0.15, -0.1) is 0 Å². The fourth-order valence-electron chi connectivity index (χ4n) is 1.59. The van der Waals surface area contributed by atoms with Crippen LogP contribution in [-0.2, 0) is 0 Å². The summed E-state index contributed by atoms with van der Waals surface area (Å²) in [5.41, 5.74) is 0.525. The molecule has 0 aromatic carbocycles. The summed E-state index contributed by atoms with van der Waals surface area (Å²) in [5, 5.41) is 0. The maximum Gasteiger partial charge on any atom is -0.0331 e. The second-order valence-corrected chi connectivity index (χ2v) is 6.04. The zero-order valence-corrected chi connectivity index (χ0v) is 13.4. The first kappa shape index (κ1) is 18.4. The molecule has 0 fully saturated rings. The van der Waals surface area contributed by atoms with Crippen molar-refractivity contribution in [3.63, 3.8) is 0 Å². The van der Waals surface area contributed by atoms with Gasteiger partial charge in [-0.05, 0) is 29.6 Å². The van der Waals surface area contributed by atoms with E-state index >= 15 is 0 Å². The fraction of sp³-hybridized carbons (Fsp3) is 1.00. The Morgan fingerprint density at radius 3 is 1.62 bits per heavy atom. The van der Waals surface area contributed by atoms with Crippen molar-refractivity contribution in [2.24, 2.45) is 23.2 Å². The van der Waals surface area contributed by atoms with Crippen LogP contribution in [0.25, 0.3) is 0 Å². The smallest absolute Gasteiger partial charge is 0.0331 e. The Morgan fingerprint density at radius 1 is 0.875 bits per heavy atom. The van der Waals surface area contributed by atoms with Crippen molar-refractivity contribution in [3.8, 4) is 0 Å². The molecule has 0 radical (unpaired) electrons. The quantitative estimate of drug-likeness (QED) is 0.511. The Labute approximate surface area is 105 Å². The van der Waals surface area contributed by atoms with Crippen molar-refractivity contribution in [1.29, 1.82) is 0 Å². The van der Waals surface area contributed by atoms with Crippen LogP contribution in [0.2, 0.25) is 0 Å². The SMILES string of the molecule is CC.CCC(C)(C)C(C)CCC(C)C(C)C. The molecule has 0 nitrogen and oxygen atoms in total. The number of rotatable bonds is 6. The van der Waals surface area contributed by atoms with Gasteiger partial charge >= 0.3 is 0 Å². The molecule has 0 aliphatic heterocycles. The maximum absolute atomic E-state index is 2.41. The Bertz CT molecular complexity index is 144. The molecule has 2 unspecified atom stereocenters. The molecule has 0 spiro atoms. The lowest BCUT2D eigenvalue weighted by Crippen LogP contribution is -2.21. The number of hydrogen-bond donors (Lipinski definition) is 0. The van der Waals surface area contributed by atoms with Crippen molar-refractivity contribution in [2.45, 2.75) is 81.6 Å². The predicted octanol–water partition coefficient (Wildman–Crippen LogP) is 6.16. The monoisotopic (exact) mass is 228 g/mol. The van der Waals surface area contributed by atoms with E-state index in [0.29, 0.717) is 5.41 Å². The van der Waals surface area contributed by atoms with E-state index in [-0.39, 0.29) is 0 Å². The first-order valence-corrected chi connectivity index (χ1v) is 7.31. The second kappa shape index (κ2) is 9.07. The van der Waals surface area contributed by atoms with Crippen LogP contribution in [0.3, 0.4) is 0 Å². The highest BCUT2D eigenvalue weighted by atomic mass is 14.3. The van der Waals surface area contributed by atoms with Crippen LogP contribution in [0.1, 0.15) is 81.6 Å². The molecule has 2 atom stereocenters. The van der Waals surface area contributed by atoms with Crippen LogP contribution < -0.4 is 0 Å². The van der Waals surface area contributed by atoms with E-state index in [1.807, 2.05) is 13.8 Å². The van der Waals surface area contributed by atoms with E-state index in [1.165, 1.54) is 19.3 Å². The standard InChI is InChI=1S/C14H30.C2H6/c1-8-14(6,7)13(5)10-9-12(4)11(2)3;1-2/h11-13H,8-10H2,1-7H3;1-2H3. The Kier molecular flexibility index (Phi) is 10.4. The molecule has 0 aromatic heterocycles. The normalized spacial score (nSPS) is 15.4. The Balaban J connectivity index is 0. The zero-order chi connectivity index (χ0) is 13.4. The van der Waals surface area contributed by atoms with E-state index in [2.05, 4.69) is 48.5 Å². The molecule has 0 aromatic rings. The summed E-state index contributed by atoms with van der Waals surface area (Å²) in [7, 11) is 0. The molecule has 16 heavy (non-hydrogen) atoms. The van der Waals surface area contributed by atoms with Gasteiger partial charge in [-0.1, -0.05) is 75.2 Å². The van der Waals surface area contributed by atoms with E-state index in [0.717, 1.165) is 17.8 Å². The van der Waals surface area contributed by atoms with Crippen LogP contribution in [-0.4, -0.2) is 0 Å². The summed E-state index contributed by atoms with van der Waals surface area (Å²) < 4.78 is 0. The van der Waals surface area contributed by atoms with Crippen molar-refractivity contribution in [1.82, 2.24) is 0 Å². The fourth-order valence-corrected chi connectivity index (χ4v) is 1.59. The molecule has 0 aliphatic rings. The Morgan fingerprint density at radius 2 is 1.31 bits per heavy atom.